The lowest BCUT2D eigenvalue weighted by atomic mass is 10.2. The van der Waals surface area contributed by atoms with Crippen molar-refractivity contribution in [3.63, 3.8) is 0 Å². The molecule has 0 spiro atoms. The maximum absolute atomic E-state index is 12.8. The van der Waals surface area contributed by atoms with E-state index in [-0.39, 0.29) is 5.91 Å². The molecule has 7 heteroatoms. The number of aryl methyl sites for hydroxylation is 1. The lowest BCUT2D eigenvalue weighted by Gasteiger charge is -2.14. The molecular formula is C19H24BrN3O3. The number of nitrogens with one attached hydrogen (secondary N) is 1. The Labute approximate surface area is 162 Å². The van der Waals surface area contributed by atoms with Crippen LogP contribution in [0.25, 0.3) is 0 Å². The normalized spacial score (nSPS) is 13.5. The fourth-order valence-electron chi connectivity index (χ4n) is 2.70. The zero-order valence-electron chi connectivity index (χ0n) is 15.3. The third-order valence-electron chi connectivity index (χ3n) is 4.32. The van der Waals surface area contributed by atoms with E-state index >= 15 is 0 Å². The summed E-state index contributed by atoms with van der Waals surface area (Å²) in [5, 5.41) is 7.38. The molecule has 1 amide bonds. The van der Waals surface area contributed by atoms with Crippen LogP contribution in [0.2, 0.25) is 0 Å². The number of ether oxygens (including phenoxy) is 2. The Bertz CT molecular complexity index is 800. The first-order chi connectivity index (χ1) is 12.5. The topological polar surface area (TPSA) is 65.4 Å². The minimum absolute atomic E-state index is 0.202. The smallest absolute Gasteiger partial charge is 0.256 e. The first-order valence-corrected chi connectivity index (χ1v) is 9.66. The van der Waals surface area contributed by atoms with Gasteiger partial charge in [-0.05, 0) is 60.2 Å². The molecule has 3 rings (SSSR count). The molecule has 140 valence electrons. The maximum Gasteiger partial charge on any atom is 0.256 e. The number of rotatable bonds is 8. The van der Waals surface area contributed by atoms with Crippen LogP contribution in [0.3, 0.4) is 0 Å². The van der Waals surface area contributed by atoms with Crippen molar-refractivity contribution < 1.29 is 14.3 Å². The summed E-state index contributed by atoms with van der Waals surface area (Å²) in [6.45, 7) is 5.42. The van der Waals surface area contributed by atoms with Gasteiger partial charge in [-0.1, -0.05) is 6.92 Å². The first kappa shape index (κ1) is 18.8. The van der Waals surface area contributed by atoms with Crippen molar-refractivity contribution in [3.05, 3.63) is 33.9 Å². The number of benzene rings is 1. The Kier molecular flexibility index (Phi) is 5.86. The van der Waals surface area contributed by atoms with Crippen molar-refractivity contribution in [2.75, 3.05) is 19.0 Å². The molecule has 26 heavy (non-hydrogen) atoms. The summed E-state index contributed by atoms with van der Waals surface area (Å²) in [6.07, 6.45) is 5.14. The summed E-state index contributed by atoms with van der Waals surface area (Å²) in [6, 6.07) is 3.45. The number of amides is 1. The number of carbonyl (C=O) groups is 1. The minimum atomic E-state index is -0.202. The molecule has 1 heterocycles. The molecule has 1 aliphatic carbocycles. The van der Waals surface area contributed by atoms with Gasteiger partial charge in [-0.2, -0.15) is 5.10 Å². The van der Waals surface area contributed by atoms with E-state index in [0.29, 0.717) is 34.1 Å². The number of carbonyl (C=O) groups excluding carboxylic acids is 1. The van der Waals surface area contributed by atoms with E-state index in [4.69, 9.17) is 9.47 Å². The monoisotopic (exact) mass is 421 g/mol. The average Bonchev–Trinajstić information content (AvgIpc) is 3.39. The van der Waals surface area contributed by atoms with Crippen LogP contribution in [0.15, 0.2) is 22.8 Å². The van der Waals surface area contributed by atoms with E-state index in [1.807, 2.05) is 18.5 Å². The van der Waals surface area contributed by atoms with Crippen molar-refractivity contribution in [2.45, 2.75) is 39.7 Å². The van der Waals surface area contributed by atoms with Crippen LogP contribution in [-0.2, 0) is 6.54 Å². The molecule has 1 aromatic heterocycles. The van der Waals surface area contributed by atoms with Gasteiger partial charge in [0.1, 0.15) is 5.82 Å². The summed E-state index contributed by atoms with van der Waals surface area (Å²) in [7, 11) is 1.57. The van der Waals surface area contributed by atoms with Crippen LogP contribution >= 0.6 is 15.9 Å². The lowest BCUT2D eigenvalue weighted by molar-refractivity contribution is 0.102. The molecule has 0 atom stereocenters. The fraction of sp³-hybridized carbons (Fsp3) is 0.474. The average molecular weight is 422 g/mol. The van der Waals surface area contributed by atoms with E-state index in [9.17, 15) is 4.79 Å². The molecule has 0 unspecified atom stereocenters. The molecule has 1 aliphatic rings. The highest BCUT2D eigenvalue weighted by molar-refractivity contribution is 9.10. The van der Waals surface area contributed by atoms with Crippen LogP contribution < -0.4 is 14.8 Å². The van der Waals surface area contributed by atoms with Gasteiger partial charge in [0.05, 0.1) is 24.4 Å². The molecule has 0 aliphatic heterocycles. The van der Waals surface area contributed by atoms with Crippen LogP contribution in [0, 0.1) is 12.8 Å². The number of halogens is 1. The Morgan fingerprint density at radius 1 is 1.42 bits per heavy atom. The second kappa shape index (κ2) is 8.12. The Morgan fingerprint density at radius 2 is 2.19 bits per heavy atom. The molecule has 1 fully saturated rings. The van der Waals surface area contributed by atoms with Gasteiger partial charge in [0.2, 0.25) is 0 Å². The highest BCUT2D eigenvalue weighted by Gasteiger charge is 2.24. The van der Waals surface area contributed by atoms with Gasteiger partial charge in [0, 0.05) is 17.7 Å². The standard InChI is InChI=1S/C19H24BrN3O3/c1-4-7-26-17-15(20)8-14(9-16(17)25-3)19(24)22-18-12(2)10-21-23(18)11-13-5-6-13/h8-10,13H,4-7,11H2,1-3H3,(H,22,24). The van der Waals surface area contributed by atoms with Gasteiger partial charge in [-0.3, -0.25) is 4.79 Å². The van der Waals surface area contributed by atoms with E-state index < -0.39 is 0 Å². The molecule has 6 nitrogen and oxygen atoms in total. The number of aromatic nitrogens is 2. The summed E-state index contributed by atoms with van der Waals surface area (Å²) < 4.78 is 13.7. The van der Waals surface area contributed by atoms with Crippen LogP contribution in [0.5, 0.6) is 11.5 Å². The van der Waals surface area contributed by atoms with Crippen molar-refractivity contribution >= 4 is 27.7 Å². The van der Waals surface area contributed by atoms with Gasteiger partial charge >= 0.3 is 0 Å². The highest BCUT2D eigenvalue weighted by atomic mass is 79.9. The zero-order chi connectivity index (χ0) is 18.7. The first-order valence-electron chi connectivity index (χ1n) is 8.87. The third-order valence-corrected chi connectivity index (χ3v) is 4.91. The van der Waals surface area contributed by atoms with E-state index in [0.717, 1.165) is 24.3 Å². The molecule has 1 saturated carbocycles. The highest BCUT2D eigenvalue weighted by Crippen LogP contribution is 2.37. The number of anilines is 1. The van der Waals surface area contributed by atoms with Crippen molar-refractivity contribution in [1.82, 2.24) is 9.78 Å². The minimum Gasteiger partial charge on any atom is -0.493 e. The molecule has 0 radical (unpaired) electrons. The molecule has 2 aromatic rings. The second-order valence-electron chi connectivity index (χ2n) is 6.59. The summed E-state index contributed by atoms with van der Waals surface area (Å²) >= 11 is 3.48. The quantitative estimate of drug-likeness (QED) is 0.685. The maximum atomic E-state index is 12.8. The molecule has 0 saturated heterocycles. The fourth-order valence-corrected chi connectivity index (χ4v) is 3.26. The lowest BCUT2D eigenvalue weighted by Crippen LogP contribution is -2.17. The van der Waals surface area contributed by atoms with Gasteiger partial charge in [-0.25, -0.2) is 4.68 Å². The summed E-state index contributed by atoms with van der Waals surface area (Å²) in [5.74, 6) is 2.37. The molecule has 1 aromatic carbocycles. The van der Waals surface area contributed by atoms with E-state index in [2.05, 4.69) is 26.3 Å². The number of methoxy groups -OCH3 is 1. The zero-order valence-corrected chi connectivity index (χ0v) is 16.9. The molecular weight excluding hydrogens is 398 g/mol. The number of hydrogen-bond acceptors (Lipinski definition) is 4. The summed E-state index contributed by atoms with van der Waals surface area (Å²) in [4.78, 5) is 12.8. The van der Waals surface area contributed by atoms with Crippen molar-refractivity contribution in [1.29, 1.82) is 0 Å². The number of hydrogen-bond donors (Lipinski definition) is 1. The predicted molar refractivity (Wildman–Crippen MR) is 104 cm³/mol. The number of nitrogens with zero attached hydrogens (tertiary/aromatic N) is 2. The van der Waals surface area contributed by atoms with Crippen LogP contribution in [0.1, 0.15) is 42.1 Å². The largest absolute Gasteiger partial charge is 0.493 e. The van der Waals surface area contributed by atoms with Crippen LogP contribution in [0.4, 0.5) is 5.82 Å². The van der Waals surface area contributed by atoms with Crippen molar-refractivity contribution in [3.8, 4) is 11.5 Å². The van der Waals surface area contributed by atoms with Gasteiger partial charge in [0.15, 0.2) is 11.5 Å². The van der Waals surface area contributed by atoms with Gasteiger partial charge in [-0.15, -0.1) is 0 Å². The third kappa shape index (κ3) is 4.20. The Morgan fingerprint density at radius 3 is 2.85 bits per heavy atom. The summed E-state index contributed by atoms with van der Waals surface area (Å²) in [5.41, 5.74) is 1.45. The Balaban J connectivity index is 1.81. The van der Waals surface area contributed by atoms with Crippen LogP contribution in [-0.4, -0.2) is 29.4 Å². The second-order valence-corrected chi connectivity index (χ2v) is 7.45. The molecule has 0 bridgehead atoms. The van der Waals surface area contributed by atoms with Gasteiger partial charge < -0.3 is 14.8 Å². The van der Waals surface area contributed by atoms with E-state index in [1.165, 1.54) is 12.8 Å². The predicted octanol–water partition coefficient (Wildman–Crippen LogP) is 4.41. The van der Waals surface area contributed by atoms with Crippen molar-refractivity contribution in [2.24, 2.45) is 5.92 Å². The van der Waals surface area contributed by atoms with E-state index in [1.54, 1.807) is 25.4 Å². The van der Waals surface area contributed by atoms with Gasteiger partial charge in [0.25, 0.3) is 5.91 Å². The Hall–Kier alpha value is -2.02. The SMILES string of the molecule is CCCOc1c(Br)cc(C(=O)Nc2c(C)cnn2CC2CC2)cc1OC. The molecule has 1 N–H and O–H groups in total.